The van der Waals surface area contributed by atoms with Gasteiger partial charge in [-0.1, -0.05) is 23.4 Å². The smallest absolute Gasteiger partial charge is 0.255 e. The third-order valence-corrected chi connectivity index (χ3v) is 7.05. The Labute approximate surface area is 201 Å². The molecule has 1 amide bonds. The zero-order valence-electron chi connectivity index (χ0n) is 19.2. The van der Waals surface area contributed by atoms with Crippen molar-refractivity contribution in [2.45, 2.75) is 4.90 Å². The number of piperazine rings is 1. The zero-order valence-corrected chi connectivity index (χ0v) is 20.0. The molecule has 0 bridgehead atoms. The van der Waals surface area contributed by atoms with Crippen LogP contribution in [0.3, 0.4) is 0 Å². The first-order valence-electron chi connectivity index (χ1n) is 10.9. The number of fused-ring (bicyclic) bond motifs is 1. The fourth-order valence-corrected chi connectivity index (χ4v) is 5.02. The topological polar surface area (TPSA) is 123 Å². The van der Waals surface area contributed by atoms with Gasteiger partial charge in [0, 0.05) is 38.5 Å². The minimum atomic E-state index is -3.52. The number of methoxy groups -OCH3 is 1. The summed E-state index contributed by atoms with van der Waals surface area (Å²) in [6.07, 6.45) is 2.58. The highest BCUT2D eigenvalue weighted by Crippen LogP contribution is 2.25. The van der Waals surface area contributed by atoms with Crippen molar-refractivity contribution >= 4 is 32.7 Å². The Balaban J connectivity index is 1.38. The minimum Gasteiger partial charge on any atom is -0.497 e. The molecule has 5 rings (SSSR count). The summed E-state index contributed by atoms with van der Waals surface area (Å²) < 4.78 is 31.2. The van der Waals surface area contributed by atoms with Crippen LogP contribution in [0.4, 0.5) is 5.82 Å². The maximum absolute atomic E-state index is 13.1. The quantitative estimate of drug-likeness (QED) is 0.408. The SMILES string of the molecule is COc1cccc(-n2nnc3c(N4CCN(C(=O)c5ccccc5S(C)(=O)=O)CC4)ncnc32)c1. The van der Waals surface area contributed by atoms with Gasteiger partial charge in [-0.25, -0.2) is 18.4 Å². The number of amides is 1. The van der Waals surface area contributed by atoms with Crippen LogP contribution in [0.15, 0.2) is 59.8 Å². The predicted molar refractivity (Wildman–Crippen MR) is 129 cm³/mol. The van der Waals surface area contributed by atoms with Crippen LogP contribution in [0.2, 0.25) is 0 Å². The maximum Gasteiger partial charge on any atom is 0.255 e. The van der Waals surface area contributed by atoms with Crippen LogP contribution in [-0.4, -0.2) is 83.7 Å². The van der Waals surface area contributed by atoms with E-state index in [1.54, 1.807) is 34.9 Å². The number of hydrogen-bond donors (Lipinski definition) is 0. The van der Waals surface area contributed by atoms with E-state index < -0.39 is 9.84 Å². The molecular weight excluding hydrogens is 470 g/mol. The Hall–Kier alpha value is -4.06. The molecule has 2 aromatic carbocycles. The van der Waals surface area contributed by atoms with Crippen LogP contribution in [0.25, 0.3) is 16.9 Å². The molecule has 0 spiro atoms. The average Bonchev–Trinajstić information content (AvgIpc) is 3.32. The molecule has 4 aromatic rings. The third kappa shape index (κ3) is 4.28. The Morgan fingerprint density at radius 1 is 1.00 bits per heavy atom. The summed E-state index contributed by atoms with van der Waals surface area (Å²) in [6, 6.07) is 13.7. The highest BCUT2D eigenvalue weighted by molar-refractivity contribution is 7.90. The van der Waals surface area contributed by atoms with E-state index in [0.717, 1.165) is 11.9 Å². The number of rotatable bonds is 5. The molecule has 3 heterocycles. The number of anilines is 1. The van der Waals surface area contributed by atoms with Crippen LogP contribution >= 0.6 is 0 Å². The van der Waals surface area contributed by atoms with Gasteiger partial charge in [0.1, 0.15) is 12.1 Å². The van der Waals surface area contributed by atoms with Gasteiger partial charge in [0.05, 0.1) is 23.3 Å². The Morgan fingerprint density at radius 2 is 1.77 bits per heavy atom. The summed E-state index contributed by atoms with van der Waals surface area (Å²) >= 11 is 0. The summed E-state index contributed by atoms with van der Waals surface area (Å²) in [4.78, 5) is 25.7. The van der Waals surface area contributed by atoms with Crippen molar-refractivity contribution in [3.05, 3.63) is 60.4 Å². The fraction of sp³-hybridized carbons (Fsp3) is 0.261. The molecule has 12 heteroatoms. The van der Waals surface area contributed by atoms with Crippen molar-refractivity contribution in [2.75, 3.05) is 44.4 Å². The van der Waals surface area contributed by atoms with Crippen molar-refractivity contribution in [1.29, 1.82) is 0 Å². The van der Waals surface area contributed by atoms with Gasteiger partial charge >= 0.3 is 0 Å². The fourth-order valence-electron chi connectivity index (χ4n) is 4.14. The molecule has 11 nitrogen and oxygen atoms in total. The molecule has 0 unspecified atom stereocenters. The van der Waals surface area contributed by atoms with Crippen LogP contribution in [-0.2, 0) is 9.84 Å². The Kier molecular flexibility index (Phi) is 5.81. The van der Waals surface area contributed by atoms with E-state index in [9.17, 15) is 13.2 Å². The summed E-state index contributed by atoms with van der Waals surface area (Å²) in [6.45, 7) is 1.83. The van der Waals surface area contributed by atoms with E-state index >= 15 is 0 Å². The molecule has 1 aliphatic rings. The molecule has 180 valence electrons. The summed E-state index contributed by atoms with van der Waals surface area (Å²) in [5, 5.41) is 8.60. The number of ether oxygens (including phenoxy) is 1. The number of carbonyl (C=O) groups is 1. The van der Waals surface area contributed by atoms with Crippen molar-refractivity contribution in [1.82, 2.24) is 29.9 Å². The third-order valence-electron chi connectivity index (χ3n) is 5.90. The monoisotopic (exact) mass is 493 g/mol. The second-order valence-electron chi connectivity index (χ2n) is 8.12. The normalized spacial score (nSPS) is 14.3. The molecule has 0 N–H and O–H groups in total. The Bertz CT molecular complexity index is 1510. The number of sulfone groups is 1. The van der Waals surface area contributed by atoms with Gasteiger partial charge in [0.15, 0.2) is 26.8 Å². The van der Waals surface area contributed by atoms with Gasteiger partial charge < -0.3 is 14.5 Å². The number of hydrogen-bond acceptors (Lipinski definition) is 9. The molecule has 1 aliphatic heterocycles. The van der Waals surface area contributed by atoms with E-state index in [1.807, 2.05) is 29.2 Å². The lowest BCUT2D eigenvalue weighted by Gasteiger charge is -2.35. The van der Waals surface area contributed by atoms with Crippen molar-refractivity contribution in [3.8, 4) is 11.4 Å². The maximum atomic E-state index is 13.1. The first kappa shape index (κ1) is 22.7. The van der Waals surface area contributed by atoms with Gasteiger partial charge in [-0.15, -0.1) is 5.10 Å². The molecule has 2 aromatic heterocycles. The predicted octanol–water partition coefficient (Wildman–Crippen LogP) is 1.58. The number of nitrogens with zero attached hydrogens (tertiary/aromatic N) is 7. The lowest BCUT2D eigenvalue weighted by molar-refractivity contribution is 0.0742. The molecule has 0 aliphatic carbocycles. The largest absolute Gasteiger partial charge is 0.497 e. The number of carbonyl (C=O) groups excluding carboxylic acids is 1. The first-order valence-corrected chi connectivity index (χ1v) is 12.8. The van der Waals surface area contributed by atoms with Crippen LogP contribution < -0.4 is 9.64 Å². The Morgan fingerprint density at radius 3 is 2.51 bits per heavy atom. The zero-order chi connectivity index (χ0) is 24.6. The van der Waals surface area contributed by atoms with E-state index in [2.05, 4.69) is 20.3 Å². The lowest BCUT2D eigenvalue weighted by atomic mass is 10.2. The van der Waals surface area contributed by atoms with E-state index in [1.165, 1.54) is 12.4 Å². The molecule has 0 radical (unpaired) electrons. The molecule has 0 atom stereocenters. The molecule has 35 heavy (non-hydrogen) atoms. The van der Waals surface area contributed by atoms with Gasteiger partial charge in [0.25, 0.3) is 5.91 Å². The van der Waals surface area contributed by atoms with Crippen LogP contribution in [0.5, 0.6) is 5.75 Å². The second-order valence-corrected chi connectivity index (χ2v) is 10.1. The number of aromatic nitrogens is 5. The summed E-state index contributed by atoms with van der Waals surface area (Å²) in [7, 11) is -1.92. The van der Waals surface area contributed by atoms with Crippen LogP contribution in [0, 0.1) is 0 Å². The second kappa shape index (κ2) is 8.95. The van der Waals surface area contributed by atoms with Gasteiger partial charge in [-0.05, 0) is 24.3 Å². The van der Waals surface area contributed by atoms with Gasteiger partial charge in [0.2, 0.25) is 0 Å². The highest BCUT2D eigenvalue weighted by atomic mass is 32.2. The van der Waals surface area contributed by atoms with Gasteiger partial charge in [-0.3, -0.25) is 4.79 Å². The number of benzene rings is 2. The summed E-state index contributed by atoms with van der Waals surface area (Å²) in [5.74, 6) is 1.02. The van der Waals surface area contributed by atoms with Crippen LogP contribution in [0.1, 0.15) is 10.4 Å². The molecule has 0 saturated carbocycles. The van der Waals surface area contributed by atoms with E-state index in [4.69, 9.17) is 4.74 Å². The minimum absolute atomic E-state index is 0.0408. The highest BCUT2D eigenvalue weighted by Gasteiger charge is 2.28. The van der Waals surface area contributed by atoms with E-state index in [0.29, 0.717) is 48.9 Å². The molecule has 1 fully saturated rings. The van der Waals surface area contributed by atoms with E-state index in [-0.39, 0.29) is 16.4 Å². The van der Waals surface area contributed by atoms with Crippen molar-refractivity contribution < 1.29 is 17.9 Å². The molecular formula is C23H23N7O4S. The van der Waals surface area contributed by atoms with Crippen molar-refractivity contribution in [3.63, 3.8) is 0 Å². The summed E-state index contributed by atoms with van der Waals surface area (Å²) in [5.41, 5.74) is 2.06. The van der Waals surface area contributed by atoms with Gasteiger partial charge in [-0.2, -0.15) is 4.68 Å². The average molecular weight is 494 g/mol. The standard InChI is InChI=1S/C23H23N7O4S/c1-34-17-7-5-6-16(14-17)30-22-20(26-27-30)21(24-15-25-22)28-10-12-29(13-11-28)23(31)18-8-3-4-9-19(18)35(2,32)33/h3-9,14-15H,10-13H2,1-2H3. The molecule has 1 saturated heterocycles. The lowest BCUT2D eigenvalue weighted by Crippen LogP contribution is -2.49. The van der Waals surface area contributed by atoms with Crippen molar-refractivity contribution in [2.24, 2.45) is 0 Å². The first-order chi connectivity index (χ1) is 16.9.